The van der Waals surface area contributed by atoms with Gasteiger partial charge in [0.1, 0.15) is 5.78 Å². The Morgan fingerprint density at radius 3 is 2.60 bits per heavy atom. The molecule has 0 radical (unpaired) electrons. The standard InChI is InChI=1S/C8H15NO/c1-3-7(10)8(9-2)6-4-5-6/h6,8-9H,3-5H2,1-2H3/t8-/m0/s1. The summed E-state index contributed by atoms with van der Waals surface area (Å²) in [4.78, 5) is 11.2. The maximum Gasteiger partial charge on any atom is 0.149 e. The van der Waals surface area contributed by atoms with Crippen LogP contribution in [-0.2, 0) is 4.79 Å². The molecule has 0 aromatic heterocycles. The van der Waals surface area contributed by atoms with E-state index in [1.54, 1.807) is 0 Å². The molecule has 0 spiro atoms. The van der Waals surface area contributed by atoms with Crippen molar-refractivity contribution in [2.45, 2.75) is 32.2 Å². The van der Waals surface area contributed by atoms with Gasteiger partial charge in [-0.15, -0.1) is 0 Å². The Bertz CT molecular complexity index is 129. The zero-order valence-corrected chi connectivity index (χ0v) is 6.68. The third-order valence-corrected chi connectivity index (χ3v) is 2.10. The molecule has 0 bridgehead atoms. The van der Waals surface area contributed by atoms with Crippen molar-refractivity contribution < 1.29 is 4.79 Å². The summed E-state index contributed by atoms with van der Waals surface area (Å²) in [6.07, 6.45) is 3.14. The Balaban J connectivity index is 2.38. The summed E-state index contributed by atoms with van der Waals surface area (Å²) < 4.78 is 0. The monoisotopic (exact) mass is 141 g/mol. The van der Waals surface area contributed by atoms with E-state index in [-0.39, 0.29) is 6.04 Å². The SMILES string of the molecule is CCC(=O)[C@@H](NC)C1CC1. The van der Waals surface area contributed by atoms with Gasteiger partial charge in [-0.05, 0) is 25.8 Å². The summed E-state index contributed by atoms with van der Waals surface area (Å²) in [5.41, 5.74) is 0. The van der Waals surface area contributed by atoms with Crippen LogP contribution in [0.2, 0.25) is 0 Å². The fraction of sp³-hybridized carbons (Fsp3) is 0.875. The third kappa shape index (κ3) is 1.57. The van der Waals surface area contributed by atoms with Gasteiger partial charge in [-0.3, -0.25) is 4.79 Å². The molecular weight excluding hydrogens is 126 g/mol. The lowest BCUT2D eigenvalue weighted by atomic mass is 10.1. The van der Waals surface area contributed by atoms with E-state index in [2.05, 4.69) is 5.32 Å². The van der Waals surface area contributed by atoms with Crippen LogP contribution in [-0.4, -0.2) is 18.9 Å². The van der Waals surface area contributed by atoms with Crippen LogP contribution in [0.4, 0.5) is 0 Å². The van der Waals surface area contributed by atoms with Crippen molar-refractivity contribution in [3.8, 4) is 0 Å². The summed E-state index contributed by atoms with van der Waals surface area (Å²) in [5, 5.41) is 3.07. The van der Waals surface area contributed by atoms with Crippen LogP contribution in [0, 0.1) is 5.92 Å². The van der Waals surface area contributed by atoms with E-state index >= 15 is 0 Å². The molecule has 2 nitrogen and oxygen atoms in total. The molecule has 0 heterocycles. The second-order valence-corrected chi connectivity index (χ2v) is 2.92. The molecule has 2 heteroatoms. The molecule has 1 atom stereocenters. The van der Waals surface area contributed by atoms with Crippen LogP contribution < -0.4 is 5.32 Å². The fourth-order valence-electron chi connectivity index (χ4n) is 1.31. The lowest BCUT2D eigenvalue weighted by Crippen LogP contribution is -2.35. The largest absolute Gasteiger partial charge is 0.310 e. The molecule has 0 aliphatic heterocycles. The molecule has 58 valence electrons. The lowest BCUT2D eigenvalue weighted by Gasteiger charge is -2.11. The number of Topliss-reactive ketones (excluding diaryl/α,β-unsaturated/α-hetero) is 1. The molecule has 0 amide bonds. The molecule has 1 aliphatic carbocycles. The van der Waals surface area contributed by atoms with Crippen molar-refractivity contribution in [3.63, 3.8) is 0 Å². The number of carbonyl (C=O) groups excluding carboxylic acids is 1. The Labute approximate surface area is 62.0 Å². The number of carbonyl (C=O) groups is 1. The van der Waals surface area contributed by atoms with E-state index in [9.17, 15) is 4.79 Å². The average molecular weight is 141 g/mol. The van der Waals surface area contributed by atoms with Gasteiger partial charge in [-0.1, -0.05) is 6.92 Å². The van der Waals surface area contributed by atoms with Gasteiger partial charge in [0, 0.05) is 6.42 Å². The highest BCUT2D eigenvalue weighted by molar-refractivity contribution is 5.84. The summed E-state index contributed by atoms with van der Waals surface area (Å²) in [7, 11) is 1.87. The second kappa shape index (κ2) is 3.15. The molecule has 0 aromatic carbocycles. The first-order chi connectivity index (χ1) is 4.79. The van der Waals surface area contributed by atoms with Crippen LogP contribution in [0.25, 0.3) is 0 Å². The van der Waals surface area contributed by atoms with Gasteiger partial charge in [0.25, 0.3) is 0 Å². The van der Waals surface area contributed by atoms with Gasteiger partial charge in [0.2, 0.25) is 0 Å². The first-order valence-electron chi connectivity index (χ1n) is 3.99. The maximum atomic E-state index is 11.2. The van der Waals surface area contributed by atoms with Crippen LogP contribution in [0.15, 0.2) is 0 Å². The van der Waals surface area contributed by atoms with Gasteiger partial charge < -0.3 is 5.32 Å². The highest BCUT2D eigenvalue weighted by atomic mass is 16.1. The predicted octanol–water partition coefficient (Wildman–Crippen LogP) is 0.964. The molecule has 1 saturated carbocycles. The normalized spacial score (nSPS) is 20.6. The number of hydrogen-bond donors (Lipinski definition) is 1. The van der Waals surface area contributed by atoms with Gasteiger partial charge in [0.05, 0.1) is 6.04 Å². The zero-order chi connectivity index (χ0) is 7.56. The molecule has 1 rings (SSSR count). The molecular formula is C8H15NO. The molecule has 0 saturated heterocycles. The van der Waals surface area contributed by atoms with Crippen molar-refractivity contribution in [1.82, 2.24) is 5.32 Å². The topological polar surface area (TPSA) is 29.1 Å². The van der Waals surface area contributed by atoms with E-state index in [0.717, 1.165) is 0 Å². The number of rotatable bonds is 4. The van der Waals surface area contributed by atoms with Gasteiger partial charge in [-0.2, -0.15) is 0 Å². The van der Waals surface area contributed by atoms with Crippen molar-refractivity contribution in [2.24, 2.45) is 5.92 Å². The summed E-state index contributed by atoms with van der Waals surface area (Å²) in [5.74, 6) is 1.02. The number of likely N-dealkylation sites (N-methyl/N-ethyl adjacent to an activating group) is 1. The highest BCUT2D eigenvalue weighted by Crippen LogP contribution is 2.33. The van der Waals surface area contributed by atoms with Gasteiger partial charge >= 0.3 is 0 Å². The number of hydrogen-bond acceptors (Lipinski definition) is 2. The smallest absolute Gasteiger partial charge is 0.149 e. The maximum absolute atomic E-state index is 11.2. The quantitative estimate of drug-likeness (QED) is 0.632. The Kier molecular flexibility index (Phi) is 2.44. The average Bonchev–Trinajstić information content (AvgIpc) is 2.73. The Hall–Kier alpha value is -0.370. The van der Waals surface area contributed by atoms with E-state index < -0.39 is 0 Å². The van der Waals surface area contributed by atoms with Crippen LogP contribution in [0.5, 0.6) is 0 Å². The van der Waals surface area contributed by atoms with Crippen molar-refractivity contribution >= 4 is 5.78 Å². The summed E-state index contributed by atoms with van der Waals surface area (Å²) >= 11 is 0. The van der Waals surface area contributed by atoms with Crippen LogP contribution in [0.3, 0.4) is 0 Å². The molecule has 10 heavy (non-hydrogen) atoms. The first kappa shape index (κ1) is 7.73. The highest BCUT2D eigenvalue weighted by Gasteiger charge is 2.33. The van der Waals surface area contributed by atoms with Crippen LogP contribution in [0.1, 0.15) is 26.2 Å². The molecule has 1 N–H and O–H groups in total. The summed E-state index contributed by atoms with van der Waals surface area (Å²) in [6.45, 7) is 1.93. The molecule has 1 fully saturated rings. The van der Waals surface area contributed by atoms with E-state index in [1.807, 2.05) is 14.0 Å². The van der Waals surface area contributed by atoms with Gasteiger partial charge in [0.15, 0.2) is 0 Å². The zero-order valence-electron chi connectivity index (χ0n) is 6.68. The summed E-state index contributed by atoms with van der Waals surface area (Å²) in [6, 6.07) is 0.157. The first-order valence-corrected chi connectivity index (χ1v) is 3.99. The van der Waals surface area contributed by atoms with E-state index in [0.29, 0.717) is 18.1 Å². The third-order valence-electron chi connectivity index (χ3n) is 2.10. The number of nitrogens with one attached hydrogen (secondary N) is 1. The minimum atomic E-state index is 0.157. The van der Waals surface area contributed by atoms with Crippen LogP contribution >= 0.6 is 0 Å². The Morgan fingerprint density at radius 1 is 1.70 bits per heavy atom. The minimum absolute atomic E-state index is 0.157. The Morgan fingerprint density at radius 2 is 2.30 bits per heavy atom. The van der Waals surface area contributed by atoms with Crippen molar-refractivity contribution in [1.29, 1.82) is 0 Å². The lowest BCUT2D eigenvalue weighted by molar-refractivity contribution is -0.121. The minimum Gasteiger partial charge on any atom is -0.310 e. The van der Waals surface area contributed by atoms with E-state index in [1.165, 1.54) is 12.8 Å². The molecule has 0 aromatic rings. The fourth-order valence-corrected chi connectivity index (χ4v) is 1.31. The van der Waals surface area contributed by atoms with Crippen molar-refractivity contribution in [2.75, 3.05) is 7.05 Å². The van der Waals surface area contributed by atoms with E-state index in [4.69, 9.17) is 0 Å². The molecule has 0 unspecified atom stereocenters. The number of ketones is 1. The molecule has 1 aliphatic rings. The predicted molar refractivity (Wildman–Crippen MR) is 40.9 cm³/mol. The van der Waals surface area contributed by atoms with Crippen molar-refractivity contribution in [3.05, 3.63) is 0 Å². The second-order valence-electron chi connectivity index (χ2n) is 2.92. The van der Waals surface area contributed by atoms with Gasteiger partial charge in [-0.25, -0.2) is 0 Å².